The average Bonchev–Trinajstić information content (AvgIpc) is 2.06. The molecule has 57 valence electrons. The Morgan fingerprint density at radius 2 is 2.45 bits per heavy atom. The predicted octanol–water partition coefficient (Wildman–Crippen LogP) is 1.24. The van der Waals surface area contributed by atoms with E-state index in [1.54, 1.807) is 25.3 Å². The minimum Gasteiger partial charge on any atom is -0.310 e. The first-order valence-corrected chi connectivity index (χ1v) is 3.34. The molecule has 3 nitrogen and oxygen atoms in total. The molecule has 0 aliphatic carbocycles. The molecule has 0 fully saturated rings. The first-order valence-electron chi connectivity index (χ1n) is 3.34. The minimum absolute atomic E-state index is 0.135. The monoisotopic (exact) mass is 149 g/mol. The van der Waals surface area contributed by atoms with Gasteiger partial charge in [0.1, 0.15) is 5.82 Å². The zero-order chi connectivity index (χ0) is 8.10. The summed E-state index contributed by atoms with van der Waals surface area (Å²) >= 11 is 0. The van der Waals surface area contributed by atoms with Crippen molar-refractivity contribution < 1.29 is 4.79 Å². The standard InChI is InChI=1S/C8H9N2O/c1-2-8(11)10-7-5-3-4-6-9-7/h2-6H,1H3,(H,9,10,11). The Balaban J connectivity index is 2.58. The number of carbonyl (C=O) groups excluding carboxylic acids is 1. The molecule has 1 rings (SSSR count). The van der Waals surface area contributed by atoms with Gasteiger partial charge in [0.2, 0.25) is 5.91 Å². The van der Waals surface area contributed by atoms with E-state index in [9.17, 15) is 4.79 Å². The van der Waals surface area contributed by atoms with Gasteiger partial charge in [-0.1, -0.05) is 13.0 Å². The molecule has 1 aromatic rings. The van der Waals surface area contributed by atoms with E-state index in [1.165, 1.54) is 6.42 Å². The minimum atomic E-state index is -0.135. The van der Waals surface area contributed by atoms with Crippen LogP contribution in [0.1, 0.15) is 6.92 Å². The van der Waals surface area contributed by atoms with Crippen LogP contribution in [0.15, 0.2) is 24.4 Å². The molecule has 0 unspecified atom stereocenters. The molecule has 0 aliphatic rings. The number of hydrogen-bond donors (Lipinski definition) is 1. The number of pyridine rings is 1. The highest BCUT2D eigenvalue weighted by Gasteiger charge is 1.97. The third kappa shape index (κ3) is 2.37. The van der Waals surface area contributed by atoms with E-state index in [-0.39, 0.29) is 5.91 Å². The van der Waals surface area contributed by atoms with Gasteiger partial charge in [-0.15, -0.1) is 0 Å². The second-order valence-electron chi connectivity index (χ2n) is 1.99. The van der Waals surface area contributed by atoms with Gasteiger partial charge in [0.25, 0.3) is 0 Å². The molecule has 1 heterocycles. The Morgan fingerprint density at radius 1 is 1.64 bits per heavy atom. The van der Waals surface area contributed by atoms with Crippen molar-refractivity contribution in [3.8, 4) is 0 Å². The number of amides is 1. The molecule has 0 saturated carbocycles. The fourth-order valence-electron chi connectivity index (χ4n) is 0.635. The van der Waals surface area contributed by atoms with Crippen LogP contribution in [-0.4, -0.2) is 10.9 Å². The van der Waals surface area contributed by atoms with Gasteiger partial charge in [0, 0.05) is 12.6 Å². The highest BCUT2D eigenvalue weighted by atomic mass is 16.1. The Bertz CT molecular complexity index is 233. The van der Waals surface area contributed by atoms with E-state index >= 15 is 0 Å². The van der Waals surface area contributed by atoms with Crippen LogP contribution in [0.3, 0.4) is 0 Å². The van der Waals surface area contributed by atoms with Crippen molar-refractivity contribution in [2.24, 2.45) is 0 Å². The first-order chi connectivity index (χ1) is 5.33. The fourth-order valence-corrected chi connectivity index (χ4v) is 0.635. The molecule has 1 radical (unpaired) electrons. The normalized spacial score (nSPS) is 9.18. The van der Waals surface area contributed by atoms with Crippen LogP contribution in [-0.2, 0) is 4.79 Å². The predicted molar refractivity (Wildman–Crippen MR) is 42.8 cm³/mol. The molecule has 0 saturated heterocycles. The van der Waals surface area contributed by atoms with E-state index in [0.29, 0.717) is 5.82 Å². The summed E-state index contributed by atoms with van der Waals surface area (Å²) in [6.07, 6.45) is 3.08. The molecule has 0 bridgehead atoms. The lowest BCUT2D eigenvalue weighted by atomic mass is 10.4. The van der Waals surface area contributed by atoms with Crippen molar-refractivity contribution in [2.45, 2.75) is 6.92 Å². The van der Waals surface area contributed by atoms with Crippen molar-refractivity contribution in [2.75, 3.05) is 5.32 Å². The maximum Gasteiger partial charge on any atom is 0.229 e. The van der Waals surface area contributed by atoms with Crippen molar-refractivity contribution in [1.29, 1.82) is 0 Å². The molecule has 0 atom stereocenters. The average molecular weight is 149 g/mol. The van der Waals surface area contributed by atoms with Gasteiger partial charge in [-0.05, 0) is 12.1 Å². The molecular formula is C8H9N2O. The van der Waals surface area contributed by atoms with Crippen molar-refractivity contribution in [1.82, 2.24) is 4.98 Å². The quantitative estimate of drug-likeness (QED) is 0.687. The van der Waals surface area contributed by atoms with Crippen LogP contribution >= 0.6 is 0 Å². The summed E-state index contributed by atoms with van der Waals surface area (Å²) in [6.45, 7) is 1.68. The number of anilines is 1. The molecule has 0 spiro atoms. The molecular weight excluding hydrogens is 140 g/mol. The van der Waals surface area contributed by atoms with Gasteiger partial charge in [0.05, 0.1) is 0 Å². The van der Waals surface area contributed by atoms with Crippen molar-refractivity contribution >= 4 is 11.7 Å². The van der Waals surface area contributed by atoms with Crippen LogP contribution in [0.25, 0.3) is 0 Å². The molecule has 0 aromatic carbocycles. The van der Waals surface area contributed by atoms with Crippen molar-refractivity contribution in [3.63, 3.8) is 0 Å². The summed E-state index contributed by atoms with van der Waals surface area (Å²) in [5.41, 5.74) is 0. The molecule has 3 heteroatoms. The Labute approximate surface area is 65.5 Å². The topological polar surface area (TPSA) is 42.0 Å². The highest BCUT2D eigenvalue weighted by molar-refractivity contribution is 5.95. The molecule has 11 heavy (non-hydrogen) atoms. The summed E-state index contributed by atoms with van der Waals surface area (Å²) in [7, 11) is 0. The summed E-state index contributed by atoms with van der Waals surface area (Å²) in [5.74, 6) is 0.444. The Hall–Kier alpha value is -1.38. The lowest BCUT2D eigenvalue weighted by Gasteiger charge is -1.99. The van der Waals surface area contributed by atoms with Gasteiger partial charge in [0.15, 0.2) is 0 Å². The summed E-state index contributed by atoms with van der Waals surface area (Å²) in [5, 5.41) is 2.59. The number of hydrogen-bond acceptors (Lipinski definition) is 2. The number of carbonyl (C=O) groups is 1. The van der Waals surface area contributed by atoms with Gasteiger partial charge in [-0.3, -0.25) is 4.79 Å². The van der Waals surface area contributed by atoms with E-state index in [2.05, 4.69) is 10.3 Å². The van der Waals surface area contributed by atoms with Crippen LogP contribution < -0.4 is 5.32 Å². The summed E-state index contributed by atoms with van der Waals surface area (Å²) < 4.78 is 0. The maximum atomic E-state index is 10.8. The van der Waals surface area contributed by atoms with E-state index < -0.39 is 0 Å². The largest absolute Gasteiger partial charge is 0.310 e. The van der Waals surface area contributed by atoms with E-state index in [1.807, 2.05) is 6.07 Å². The smallest absolute Gasteiger partial charge is 0.229 e. The molecule has 1 amide bonds. The number of nitrogens with zero attached hydrogens (tertiary/aromatic N) is 1. The Kier molecular flexibility index (Phi) is 2.60. The lowest BCUT2D eigenvalue weighted by Crippen LogP contribution is -2.10. The summed E-state index contributed by atoms with van der Waals surface area (Å²) in [4.78, 5) is 14.7. The second-order valence-corrected chi connectivity index (χ2v) is 1.99. The summed E-state index contributed by atoms with van der Waals surface area (Å²) in [6, 6.07) is 5.35. The SMILES string of the molecule is C[CH]C(=O)Nc1ccccn1. The highest BCUT2D eigenvalue weighted by Crippen LogP contribution is 1.99. The van der Waals surface area contributed by atoms with Crippen LogP contribution in [0.4, 0.5) is 5.82 Å². The van der Waals surface area contributed by atoms with Crippen LogP contribution in [0.2, 0.25) is 0 Å². The Morgan fingerprint density at radius 3 is 3.00 bits per heavy atom. The van der Waals surface area contributed by atoms with Crippen LogP contribution in [0, 0.1) is 6.42 Å². The maximum absolute atomic E-state index is 10.8. The zero-order valence-corrected chi connectivity index (χ0v) is 6.24. The zero-order valence-electron chi connectivity index (χ0n) is 6.24. The van der Waals surface area contributed by atoms with Crippen LogP contribution in [0.5, 0.6) is 0 Å². The van der Waals surface area contributed by atoms with Gasteiger partial charge in [-0.25, -0.2) is 4.98 Å². The fraction of sp³-hybridized carbons (Fsp3) is 0.125. The first kappa shape index (κ1) is 7.72. The van der Waals surface area contributed by atoms with Gasteiger partial charge >= 0.3 is 0 Å². The van der Waals surface area contributed by atoms with E-state index in [0.717, 1.165) is 0 Å². The number of nitrogens with one attached hydrogen (secondary N) is 1. The molecule has 1 N–H and O–H groups in total. The lowest BCUT2D eigenvalue weighted by molar-refractivity contribution is -0.113. The third-order valence-corrected chi connectivity index (χ3v) is 1.18. The number of aromatic nitrogens is 1. The number of rotatable bonds is 2. The van der Waals surface area contributed by atoms with Gasteiger partial charge in [-0.2, -0.15) is 0 Å². The second kappa shape index (κ2) is 3.71. The van der Waals surface area contributed by atoms with Crippen molar-refractivity contribution in [3.05, 3.63) is 30.8 Å². The third-order valence-electron chi connectivity index (χ3n) is 1.18. The molecule has 1 aromatic heterocycles. The van der Waals surface area contributed by atoms with Gasteiger partial charge < -0.3 is 5.32 Å². The molecule has 0 aliphatic heterocycles. The van der Waals surface area contributed by atoms with E-state index in [4.69, 9.17) is 0 Å².